The molecule has 0 saturated heterocycles. The number of ether oxygens (including phenoxy) is 1. The van der Waals surface area contributed by atoms with Gasteiger partial charge in [0.1, 0.15) is 11.6 Å². The van der Waals surface area contributed by atoms with Crippen LogP contribution in [0.25, 0.3) is 0 Å². The highest BCUT2D eigenvalue weighted by Gasteiger charge is 2.16. The van der Waals surface area contributed by atoms with Crippen molar-refractivity contribution in [3.63, 3.8) is 0 Å². The Bertz CT molecular complexity index is 426. The van der Waals surface area contributed by atoms with E-state index in [0.717, 1.165) is 3.57 Å². The second kappa shape index (κ2) is 4.62. The third kappa shape index (κ3) is 1.99. The van der Waals surface area contributed by atoms with Crippen LogP contribution in [0.2, 0.25) is 0 Å². The molecule has 3 nitrogen and oxygen atoms in total. The summed E-state index contributed by atoms with van der Waals surface area (Å²) >= 11 is 7.34. The number of halogens is 2. The SMILES string of the molecule is COc1c(I)ccc(C(=O)Cl)c1C#N. The van der Waals surface area contributed by atoms with Crippen LogP contribution in [-0.4, -0.2) is 12.4 Å². The molecule has 0 saturated carbocycles. The van der Waals surface area contributed by atoms with Crippen LogP contribution in [0.4, 0.5) is 0 Å². The molecule has 0 bridgehead atoms. The van der Waals surface area contributed by atoms with Gasteiger partial charge in [-0.3, -0.25) is 4.79 Å². The smallest absolute Gasteiger partial charge is 0.253 e. The van der Waals surface area contributed by atoms with Gasteiger partial charge in [-0.05, 0) is 46.3 Å². The molecule has 14 heavy (non-hydrogen) atoms. The summed E-state index contributed by atoms with van der Waals surface area (Å²) in [5.41, 5.74) is 0.353. The highest BCUT2D eigenvalue weighted by atomic mass is 127. The second-order valence-electron chi connectivity index (χ2n) is 2.39. The highest BCUT2D eigenvalue weighted by molar-refractivity contribution is 14.1. The molecular weight excluding hydrogens is 316 g/mol. The molecule has 5 heteroatoms. The average molecular weight is 322 g/mol. The first-order chi connectivity index (χ1) is 6.61. The Morgan fingerprint density at radius 3 is 2.71 bits per heavy atom. The van der Waals surface area contributed by atoms with Crippen molar-refractivity contribution in [3.05, 3.63) is 26.8 Å². The average Bonchev–Trinajstić information content (AvgIpc) is 2.16. The number of nitrogens with zero attached hydrogens (tertiary/aromatic N) is 1. The lowest BCUT2D eigenvalue weighted by molar-refractivity contribution is 0.108. The number of carbonyl (C=O) groups excluding carboxylic acids is 1. The summed E-state index contributed by atoms with van der Waals surface area (Å²) in [7, 11) is 1.45. The molecule has 0 spiro atoms. The molecule has 0 aliphatic heterocycles. The summed E-state index contributed by atoms with van der Waals surface area (Å²) in [4.78, 5) is 11.0. The Hall–Kier alpha value is -0.800. The quantitative estimate of drug-likeness (QED) is 0.621. The number of rotatable bonds is 2. The molecule has 0 N–H and O–H groups in total. The second-order valence-corrected chi connectivity index (χ2v) is 3.89. The molecule has 0 amide bonds. The van der Waals surface area contributed by atoms with Gasteiger partial charge < -0.3 is 4.74 Å². The third-order valence-electron chi connectivity index (χ3n) is 1.64. The first kappa shape index (κ1) is 11.3. The molecule has 0 aromatic heterocycles. The highest BCUT2D eigenvalue weighted by Crippen LogP contribution is 2.28. The van der Waals surface area contributed by atoms with Crippen LogP contribution in [0.1, 0.15) is 15.9 Å². The zero-order valence-electron chi connectivity index (χ0n) is 7.17. The molecule has 1 aromatic rings. The van der Waals surface area contributed by atoms with Gasteiger partial charge in [0.05, 0.1) is 16.2 Å². The zero-order valence-corrected chi connectivity index (χ0v) is 10.1. The molecule has 0 radical (unpaired) electrons. The van der Waals surface area contributed by atoms with Gasteiger partial charge in [-0.15, -0.1) is 0 Å². The number of benzene rings is 1. The van der Waals surface area contributed by atoms with Gasteiger partial charge in [0.15, 0.2) is 5.75 Å². The lowest BCUT2D eigenvalue weighted by atomic mass is 10.1. The molecular formula is C9H5ClINO2. The predicted molar refractivity (Wildman–Crippen MR) is 60.6 cm³/mol. The zero-order chi connectivity index (χ0) is 10.7. The maximum absolute atomic E-state index is 11.0. The van der Waals surface area contributed by atoms with Crippen molar-refractivity contribution in [1.29, 1.82) is 5.26 Å². The maximum atomic E-state index is 11.0. The molecule has 0 fully saturated rings. The Kier molecular flexibility index (Phi) is 3.72. The Morgan fingerprint density at radius 1 is 1.64 bits per heavy atom. The van der Waals surface area contributed by atoms with E-state index < -0.39 is 5.24 Å². The molecule has 0 unspecified atom stereocenters. The van der Waals surface area contributed by atoms with Crippen LogP contribution in [0.3, 0.4) is 0 Å². The van der Waals surface area contributed by atoms with Crippen molar-refractivity contribution in [1.82, 2.24) is 0 Å². The summed E-state index contributed by atoms with van der Waals surface area (Å²) in [5, 5.41) is 8.20. The minimum absolute atomic E-state index is 0.173. The van der Waals surface area contributed by atoms with Crippen LogP contribution < -0.4 is 4.74 Å². The van der Waals surface area contributed by atoms with E-state index in [9.17, 15) is 4.79 Å². The van der Waals surface area contributed by atoms with E-state index in [0.29, 0.717) is 5.75 Å². The van der Waals surface area contributed by atoms with Gasteiger partial charge in [-0.2, -0.15) is 5.26 Å². The number of methoxy groups -OCH3 is 1. The molecule has 1 rings (SSSR count). The Balaban J connectivity index is 3.50. The van der Waals surface area contributed by atoms with Crippen molar-refractivity contribution < 1.29 is 9.53 Å². The summed E-state index contributed by atoms with van der Waals surface area (Å²) in [6.07, 6.45) is 0. The number of hydrogen-bond donors (Lipinski definition) is 0. The van der Waals surface area contributed by atoms with Gasteiger partial charge in [0, 0.05) is 0 Å². The molecule has 0 aliphatic rings. The first-order valence-electron chi connectivity index (χ1n) is 3.58. The van der Waals surface area contributed by atoms with E-state index in [1.54, 1.807) is 6.07 Å². The first-order valence-corrected chi connectivity index (χ1v) is 5.04. The molecule has 0 atom stereocenters. The van der Waals surface area contributed by atoms with Crippen molar-refractivity contribution in [2.75, 3.05) is 7.11 Å². The fourth-order valence-corrected chi connectivity index (χ4v) is 1.86. The van der Waals surface area contributed by atoms with Gasteiger partial charge in [-0.25, -0.2) is 0 Å². The van der Waals surface area contributed by atoms with Crippen molar-refractivity contribution in [2.45, 2.75) is 0 Å². The minimum Gasteiger partial charge on any atom is -0.494 e. The van der Waals surface area contributed by atoms with E-state index in [-0.39, 0.29) is 11.1 Å². The normalized spacial score (nSPS) is 9.29. The lowest BCUT2D eigenvalue weighted by Gasteiger charge is -2.07. The van der Waals surface area contributed by atoms with E-state index in [2.05, 4.69) is 0 Å². The summed E-state index contributed by atoms with van der Waals surface area (Å²) in [6, 6.07) is 5.09. The van der Waals surface area contributed by atoms with Crippen LogP contribution in [0.5, 0.6) is 5.75 Å². The summed E-state index contributed by atoms with van der Waals surface area (Å²) < 4.78 is 5.78. The number of carbonyl (C=O) groups is 1. The Morgan fingerprint density at radius 2 is 2.29 bits per heavy atom. The number of nitriles is 1. The largest absolute Gasteiger partial charge is 0.494 e. The van der Waals surface area contributed by atoms with E-state index in [4.69, 9.17) is 21.6 Å². The van der Waals surface area contributed by atoms with Gasteiger partial charge in [-0.1, -0.05) is 0 Å². The van der Waals surface area contributed by atoms with Crippen LogP contribution in [0, 0.1) is 14.9 Å². The molecule has 0 heterocycles. The van der Waals surface area contributed by atoms with E-state index >= 15 is 0 Å². The summed E-state index contributed by atoms with van der Waals surface area (Å²) in [5.74, 6) is 0.389. The van der Waals surface area contributed by atoms with E-state index in [1.807, 2.05) is 28.7 Å². The number of hydrogen-bond acceptors (Lipinski definition) is 3. The van der Waals surface area contributed by atoms with E-state index in [1.165, 1.54) is 13.2 Å². The van der Waals surface area contributed by atoms with Crippen molar-refractivity contribution in [2.24, 2.45) is 0 Å². The molecule has 72 valence electrons. The molecule has 0 aliphatic carbocycles. The maximum Gasteiger partial charge on any atom is 0.253 e. The van der Waals surface area contributed by atoms with Crippen molar-refractivity contribution in [3.8, 4) is 11.8 Å². The summed E-state index contributed by atoms with van der Waals surface area (Å²) in [6.45, 7) is 0. The fraction of sp³-hybridized carbons (Fsp3) is 0.111. The van der Waals surface area contributed by atoms with Gasteiger partial charge in [0.25, 0.3) is 5.24 Å². The van der Waals surface area contributed by atoms with Crippen LogP contribution in [0.15, 0.2) is 12.1 Å². The minimum atomic E-state index is -0.656. The fourth-order valence-electron chi connectivity index (χ4n) is 1.03. The monoisotopic (exact) mass is 321 g/mol. The lowest BCUT2D eigenvalue weighted by Crippen LogP contribution is -1.99. The van der Waals surface area contributed by atoms with Crippen LogP contribution >= 0.6 is 34.2 Å². The van der Waals surface area contributed by atoms with Gasteiger partial charge in [0.2, 0.25) is 0 Å². The third-order valence-corrected chi connectivity index (χ3v) is 2.69. The topological polar surface area (TPSA) is 50.1 Å². The Labute approximate surface area is 99.8 Å². The van der Waals surface area contributed by atoms with Gasteiger partial charge >= 0.3 is 0 Å². The molecule has 1 aromatic carbocycles. The standard InChI is InChI=1S/C9H5ClINO2/c1-14-8-6(4-12)5(9(10)13)2-3-7(8)11/h2-3H,1H3. The predicted octanol–water partition coefficient (Wildman–Crippen LogP) is 2.55. The van der Waals surface area contributed by atoms with Crippen molar-refractivity contribution >= 4 is 39.4 Å². The van der Waals surface area contributed by atoms with Crippen LogP contribution in [-0.2, 0) is 0 Å².